The van der Waals surface area contributed by atoms with Crippen molar-refractivity contribution >= 4 is 39.1 Å². The molecule has 0 fully saturated rings. The Bertz CT molecular complexity index is 1520. The molecule has 1 aliphatic carbocycles. The SMILES string of the molecule is CCC(C)(C)[C@H]1CCc2c(sc(NC(=O)c3cc(-c4cccc(C)c4)nc4ccccc34)c2C(N)=O)C1. The van der Waals surface area contributed by atoms with Crippen LogP contribution >= 0.6 is 11.3 Å². The highest BCUT2D eigenvalue weighted by atomic mass is 32.1. The Morgan fingerprint density at radius 1 is 1.14 bits per heavy atom. The predicted octanol–water partition coefficient (Wildman–Crippen LogP) is 7.16. The van der Waals surface area contributed by atoms with E-state index in [4.69, 9.17) is 10.7 Å². The number of aromatic nitrogens is 1. The van der Waals surface area contributed by atoms with Crippen LogP contribution in [0.4, 0.5) is 5.00 Å². The maximum Gasteiger partial charge on any atom is 0.257 e. The minimum absolute atomic E-state index is 0.222. The topological polar surface area (TPSA) is 85.1 Å². The molecule has 5 rings (SSSR count). The van der Waals surface area contributed by atoms with Gasteiger partial charge in [0.15, 0.2) is 0 Å². The van der Waals surface area contributed by atoms with Crippen LogP contribution in [0.15, 0.2) is 54.6 Å². The first-order valence-corrected chi connectivity index (χ1v) is 13.7. The highest BCUT2D eigenvalue weighted by molar-refractivity contribution is 7.17. The summed E-state index contributed by atoms with van der Waals surface area (Å²) in [5, 5.41) is 4.38. The van der Waals surface area contributed by atoms with E-state index in [0.717, 1.165) is 59.0 Å². The van der Waals surface area contributed by atoms with E-state index in [1.54, 1.807) is 0 Å². The number of fused-ring (bicyclic) bond motifs is 2. The van der Waals surface area contributed by atoms with Crippen molar-refractivity contribution in [3.63, 3.8) is 0 Å². The molecule has 2 aromatic heterocycles. The van der Waals surface area contributed by atoms with Crippen LogP contribution in [-0.4, -0.2) is 16.8 Å². The minimum Gasteiger partial charge on any atom is -0.365 e. The van der Waals surface area contributed by atoms with Crippen LogP contribution in [0.2, 0.25) is 0 Å². The van der Waals surface area contributed by atoms with Crippen molar-refractivity contribution in [3.8, 4) is 11.3 Å². The van der Waals surface area contributed by atoms with E-state index in [1.165, 1.54) is 16.2 Å². The van der Waals surface area contributed by atoms with Gasteiger partial charge < -0.3 is 11.1 Å². The lowest BCUT2D eigenvalue weighted by atomic mass is 9.69. The summed E-state index contributed by atoms with van der Waals surface area (Å²) >= 11 is 1.50. The molecule has 2 amide bonds. The van der Waals surface area contributed by atoms with Gasteiger partial charge in [0.25, 0.3) is 11.8 Å². The monoisotopic (exact) mass is 511 g/mol. The number of carbonyl (C=O) groups excluding carboxylic acids is 2. The van der Waals surface area contributed by atoms with E-state index < -0.39 is 5.91 Å². The molecule has 0 aliphatic heterocycles. The Hall–Kier alpha value is -3.51. The largest absolute Gasteiger partial charge is 0.365 e. The molecule has 37 heavy (non-hydrogen) atoms. The van der Waals surface area contributed by atoms with E-state index in [1.807, 2.05) is 55.5 Å². The predicted molar refractivity (Wildman–Crippen MR) is 152 cm³/mol. The highest BCUT2D eigenvalue weighted by Crippen LogP contribution is 2.45. The van der Waals surface area contributed by atoms with Crippen molar-refractivity contribution in [2.24, 2.45) is 17.1 Å². The van der Waals surface area contributed by atoms with E-state index in [0.29, 0.717) is 22.0 Å². The maximum atomic E-state index is 13.8. The van der Waals surface area contributed by atoms with Crippen molar-refractivity contribution in [1.29, 1.82) is 0 Å². The summed E-state index contributed by atoms with van der Waals surface area (Å²) in [7, 11) is 0. The summed E-state index contributed by atoms with van der Waals surface area (Å²) in [4.78, 5) is 32.3. The number of primary amides is 1. The average molecular weight is 512 g/mol. The van der Waals surface area contributed by atoms with Gasteiger partial charge in [-0.1, -0.05) is 69.2 Å². The molecule has 1 atom stereocenters. The van der Waals surface area contributed by atoms with Crippen LogP contribution in [0.1, 0.15) is 70.3 Å². The number of nitrogens with one attached hydrogen (secondary N) is 1. The van der Waals surface area contributed by atoms with Crippen molar-refractivity contribution in [3.05, 3.63) is 81.7 Å². The van der Waals surface area contributed by atoms with Gasteiger partial charge in [0.05, 0.1) is 22.3 Å². The molecule has 5 nitrogen and oxygen atoms in total. The van der Waals surface area contributed by atoms with Crippen molar-refractivity contribution in [2.45, 2.75) is 53.4 Å². The van der Waals surface area contributed by atoms with Crippen LogP contribution in [0.25, 0.3) is 22.2 Å². The quantitative estimate of drug-likeness (QED) is 0.288. The van der Waals surface area contributed by atoms with Gasteiger partial charge in [0.1, 0.15) is 5.00 Å². The molecule has 0 saturated heterocycles. The second-order valence-corrected chi connectivity index (χ2v) is 11.9. The normalized spacial score (nSPS) is 15.4. The molecule has 3 N–H and O–H groups in total. The second-order valence-electron chi connectivity index (χ2n) is 10.7. The molecule has 6 heteroatoms. The standard InChI is InChI=1S/C31H33N3O2S/c1-5-31(3,4)20-13-14-22-26(16-20)37-30(27(22)28(32)35)34-29(36)23-17-25(19-10-8-9-18(2)15-19)33-24-12-7-6-11-21(23)24/h6-12,15,17,20H,5,13-14,16H2,1-4H3,(H2,32,35)(H,34,36)/t20-/m0/s1. The third kappa shape index (κ3) is 4.78. The number of anilines is 1. The first-order valence-electron chi connectivity index (χ1n) is 12.9. The molecule has 0 saturated carbocycles. The second kappa shape index (κ2) is 9.75. The lowest BCUT2D eigenvalue weighted by Crippen LogP contribution is -2.29. The molecule has 0 spiro atoms. The number of aryl methyl sites for hydroxylation is 1. The first-order chi connectivity index (χ1) is 17.7. The molecule has 0 bridgehead atoms. The molecular formula is C31H33N3O2S. The Balaban J connectivity index is 1.54. The highest BCUT2D eigenvalue weighted by Gasteiger charge is 2.35. The summed E-state index contributed by atoms with van der Waals surface area (Å²) in [6.45, 7) is 8.89. The van der Waals surface area contributed by atoms with Gasteiger partial charge in [0, 0.05) is 15.8 Å². The number of carbonyl (C=O) groups is 2. The Labute approximate surface area is 222 Å². The summed E-state index contributed by atoms with van der Waals surface area (Å²) < 4.78 is 0. The Morgan fingerprint density at radius 3 is 2.65 bits per heavy atom. The van der Waals surface area contributed by atoms with Crippen molar-refractivity contribution in [1.82, 2.24) is 4.98 Å². The third-order valence-electron chi connectivity index (χ3n) is 8.03. The van der Waals surface area contributed by atoms with Crippen LogP contribution in [-0.2, 0) is 12.8 Å². The van der Waals surface area contributed by atoms with E-state index in [9.17, 15) is 9.59 Å². The third-order valence-corrected chi connectivity index (χ3v) is 9.20. The summed E-state index contributed by atoms with van der Waals surface area (Å²) in [6.07, 6.45) is 3.84. The molecular weight excluding hydrogens is 478 g/mol. The molecule has 2 heterocycles. The van der Waals surface area contributed by atoms with E-state index in [2.05, 4.69) is 32.2 Å². The molecule has 190 valence electrons. The number of rotatable bonds is 6. The summed E-state index contributed by atoms with van der Waals surface area (Å²) in [6, 6.07) is 17.6. The van der Waals surface area contributed by atoms with Gasteiger partial charge in [0.2, 0.25) is 0 Å². The van der Waals surface area contributed by atoms with E-state index >= 15 is 0 Å². The van der Waals surface area contributed by atoms with Gasteiger partial charge in [-0.25, -0.2) is 4.98 Å². The number of amides is 2. The van der Waals surface area contributed by atoms with Gasteiger partial charge in [-0.3, -0.25) is 9.59 Å². The molecule has 1 aliphatic rings. The van der Waals surface area contributed by atoms with Gasteiger partial charge in [-0.15, -0.1) is 11.3 Å². The van der Waals surface area contributed by atoms with Gasteiger partial charge in [-0.05, 0) is 61.3 Å². The number of nitrogens with two attached hydrogens (primary N) is 1. The lowest BCUT2D eigenvalue weighted by molar-refractivity contribution is 0.0999. The molecule has 0 unspecified atom stereocenters. The number of pyridine rings is 1. The smallest absolute Gasteiger partial charge is 0.257 e. The van der Waals surface area contributed by atoms with Crippen LogP contribution in [0.3, 0.4) is 0 Å². The number of para-hydroxylation sites is 1. The zero-order chi connectivity index (χ0) is 26.3. The number of benzene rings is 2. The zero-order valence-corrected chi connectivity index (χ0v) is 22.7. The first kappa shape index (κ1) is 25.2. The number of nitrogens with zero attached hydrogens (tertiary/aromatic N) is 1. The van der Waals surface area contributed by atoms with Crippen molar-refractivity contribution < 1.29 is 9.59 Å². The van der Waals surface area contributed by atoms with Gasteiger partial charge >= 0.3 is 0 Å². The van der Waals surface area contributed by atoms with Crippen LogP contribution < -0.4 is 11.1 Å². The summed E-state index contributed by atoms with van der Waals surface area (Å²) in [5.41, 5.74) is 11.6. The maximum absolute atomic E-state index is 13.8. The molecule has 0 radical (unpaired) electrons. The zero-order valence-electron chi connectivity index (χ0n) is 21.9. The number of thiophene rings is 1. The van der Waals surface area contributed by atoms with Gasteiger partial charge in [-0.2, -0.15) is 0 Å². The fraction of sp³-hybridized carbons (Fsp3) is 0.323. The average Bonchev–Trinajstić information content (AvgIpc) is 3.25. The fourth-order valence-corrected chi connectivity index (χ4v) is 6.70. The van der Waals surface area contributed by atoms with Crippen molar-refractivity contribution in [2.75, 3.05) is 5.32 Å². The number of hydrogen-bond acceptors (Lipinski definition) is 4. The lowest BCUT2D eigenvalue weighted by Gasteiger charge is -2.36. The van der Waals surface area contributed by atoms with Crippen LogP contribution in [0.5, 0.6) is 0 Å². The Morgan fingerprint density at radius 2 is 1.92 bits per heavy atom. The molecule has 4 aromatic rings. The molecule has 2 aromatic carbocycles. The van der Waals surface area contributed by atoms with E-state index in [-0.39, 0.29) is 11.3 Å². The Kier molecular flexibility index (Phi) is 6.63. The van der Waals surface area contributed by atoms with Crippen LogP contribution in [0, 0.1) is 18.3 Å². The number of hydrogen-bond donors (Lipinski definition) is 2. The fourth-order valence-electron chi connectivity index (χ4n) is 5.38. The minimum atomic E-state index is -0.485. The summed E-state index contributed by atoms with van der Waals surface area (Å²) in [5.74, 6) is -0.214.